The van der Waals surface area contributed by atoms with Gasteiger partial charge in [-0.2, -0.15) is 0 Å². The van der Waals surface area contributed by atoms with Crippen molar-refractivity contribution in [1.82, 2.24) is 0 Å². The van der Waals surface area contributed by atoms with E-state index in [4.69, 9.17) is 0 Å². The van der Waals surface area contributed by atoms with Crippen LogP contribution in [-0.2, 0) is 6.54 Å². The average Bonchev–Trinajstić information content (AvgIpc) is 2.60. The van der Waals surface area contributed by atoms with Gasteiger partial charge >= 0.3 is 0 Å². The maximum Gasteiger partial charge on any atom is 0.0962 e. The van der Waals surface area contributed by atoms with E-state index in [2.05, 4.69) is 86.5 Å². The molecule has 0 N–H and O–H groups in total. The molecule has 0 amide bonds. The van der Waals surface area contributed by atoms with E-state index in [0.717, 1.165) is 17.6 Å². The van der Waals surface area contributed by atoms with Crippen molar-refractivity contribution in [1.29, 1.82) is 0 Å². The Balaban J connectivity index is 0.00000264. The summed E-state index contributed by atoms with van der Waals surface area (Å²) in [5.74, 6) is 0. The molecule has 0 aliphatic rings. The molecule has 0 saturated carbocycles. The number of hydrogen-bond acceptors (Lipinski definition) is 1. The quantitative estimate of drug-likeness (QED) is 0.455. The van der Waals surface area contributed by atoms with E-state index in [1.165, 1.54) is 30.9 Å². The third kappa shape index (κ3) is 6.15. The molecular formula is C20H29IN2. The second kappa shape index (κ2) is 9.93. The van der Waals surface area contributed by atoms with Crippen molar-refractivity contribution in [3.05, 3.63) is 66.2 Å². The normalized spacial score (nSPS) is 10.9. The van der Waals surface area contributed by atoms with Crippen LogP contribution in [0.3, 0.4) is 0 Å². The highest BCUT2D eigenvalue weighted by atomic mass is 127. The molecule has 0 aromatic heterocycles. The Bertz CT molecular complexity index is 538. The van der Waals surface area contributed by atoms with Crippen LogP contribution in [0, 0.1) is 0 Å². The molecule has 2 rings (SSSR count). The number of hydrogen-bond donors (Lipinski definition) is 0. The zero-order valence-electron chi connectivity index (χ0n) is 14.6. The predicted molar refractivity (Wildman–Crippen MR) is 96.1 cm³/mol. The summed E-state index contributed by atoms with van der Waals surface area (Å²) >= 11 is 0. The Morgan fingerprint density at radius 2 is 1.35 bits per heavy atom. The second-order valence-electron chi connectivity index (χ2n) is 6.22. The van der Waals surface area contributed by atoms with Gasteiger partial charge in [-0.25, -0.2) is 0 Å². The van der Waals surface area contributed by atoms with E-state index < -0.39 is 0 Å². The fraction of sp³-hybridized carbons (Fsp3) is 0.400. The van der Waals surface area contributed by atoms with Gasteiger partial charge in [0.25, 0.3) is 0 Å². The van der Waals surface area contributed by atoms with Gasteiger partial charge in [0.05, 0.1) is 33.2 Å². The van der Waals surface area contributed by atoms with Crippen LogP contribution in [0.15, 0.2) is 60.7 Å². The van der Waals surface area contributed by atoms with Crippen molar-refractivity contribution in [2.24, 2.45) is 0 Å². The second-order valence-corrected chi connectivity index (χ2v) is 6.22. The summed E-state index contributed by atoms with van der Waals surface area (Å²) < 4.78 is 1.12. The maximum absolute atomic E-state index is 2.50. The summed E-state index contributed by atoms with van der Waals surface area (Å²) in [6.07, 6.45) is 0. The summed E-state index contributed by atoms with van der Waals surface area (Å²) in [7, 11) is 2.35. The third-order valence-corrected chi connectivity index (χ3v) is 4.77. The van der Waals surface area contributed by atoms with Crippen LogP contribution in [0.1, 0.15) is 19.4 Å². The van der Waals surface area contributed by atoms with Crippen LogP contribution in [0.5, 0.6) is 0 Å². The molecule has 0 radical (unpaired) electrons. The van der Waals surface area contributed by atoms with Gasteiger partial charge in [-0.1, -0.05) is 48.5 Å². The van der Waals surface area contributed by atoms with E-state index >= 15 is 0 Å². The smallest absolute Gasteiger partial charge is 0.0962 e. The largest absolute Gasteiger partial charge is 1.00 e. The van der Waals surface area contributed by atoms with E-state index in [1.807, 2.05) is 0 Å². The number of para-hydroxylation sites is 1. The SMILES string of the molecule is CC[N+](C)(CC)CCN(Cc1ccccc1)c1ccccc1.[I-]. The first-order valence-corrected chi connectivity index (χ1v) is 8.34. The van der Waals surface area contributed by atoms with Gasteiger partial charge in [0.2, 0.25) is 0 Å². The first-order valence-electron chi connectivity index (χ1n) is 8.34. The molecule has 0 heterocycles. The lowest BCUT2D eigenvalue weighted by Crippen LogP contribution is -3.00. The fourth-order valence-corrected chi connectivity index (χ4v) is 2.64. The minimum Gasteiger partial charge on any atom is -1.00 e. The Kier molecular flexibility index (Phi) is 8.63. The van der Waals surface area contributed by atoms with E-state index in [9.17, 15) is 0 Å². The third-order valence-electron chi connectivity index (χ3n) is 4.77. The number of likely N-dealkylation sites (N-methyl/N-ethyl adjacent to an activating group) is 1. The number of nitrogens with zero attached hydrogens (tertiary/aromatic N) is 2. The minimum atomic E-state index is 0. The molecule has 0 fully saturated rings. The summed E-state index contributed by atoms with van der Waals surface area (Å²) in [4.78, 5) is 2.50. The lowest BCUT2D eigenvalue weighted by Gasteiger charge is -2.35. The topological polar surface area (TPSA) is 3.24 Å². The molecule has 0 atom stereocenters. The molecule has 0 saturated heterocycles. The molecule has 2 aromatic rings. The van der Waals surface area contributed by atoms with Crippen LogP contribution in [0.4, 0.5) is 5.69 Å². The van der Waals surface area contributed by atoms with Gasteiger partial charge in [-0.15, -0.1) is 0 Å². The zero-order chi connectivity index (χ0) is 15.8. The average molecular weight is 424 g/mol. The van der Waals surface area contributed by atoms with Crippen molar-refractivity contribution < 1.29 is 28.5 Å². The molecule has 0 spiro atoms. The molecular weight excluding hydrogens is 395 g/mol. The lowest BCUT2D eigenvalue weighted by molar-refractivity contribution is -0.904. The van der Waals surface area contributed by atoms with E-state index in [1.54, 1.807) is 0 Å². The van der Waals surface area contributed by atoms with E-state index in [0.29, 0.717) is 0 Å². The van der Waals surface area contributed by atoms with Crippen LogP contribution in [0.2, 0.25) is 0 Å². The van der Waals surface area contributed by atoms with Gasteiger partial charge in [0.1, 0.15) is 0 Å². The van der Waals surface area contributed by atoms with Crippen LogP contribution in [-0.4, -0.2) is 37.7 Å². The predicted octanol–water partition coefficient (Wildman–Crippen LogP) is 1.18. The highest BCUT2D eigenvalue weighted by Gasteiger charge is 2.18. The first kappa shape index (κ1) is 20.0. The molecule has 23 heavy (non-hydrogen) atoms. The first-order chi connectivity index (χ1) is 10.7. The molecule has 0 bridgehead atoms. The number of rotatable bonds is 8. The summed E-state index contributed by atoms with van der Waals surface area (Å²) in [6.45, 7) is 10.2. The molecule has 2 aromatic carbocycles. The molecule has 2 nitrogen and oxygen atoms in total. The van der Waals surface area contributed by atoms with Crippen LogP contribution >= 0.6 is 0 Å². The standard InChI is InChI=1S/C20H29N2.HI/c1-4-22(3,5-2)17-16-21(20-14-10-7-11-15-20)18-19-12-8-6-9-13-19;/h6-15H,4-5,16-18H2,1-3H3;1H/q+1;/p-1. The fourth-order valence-electron chi connectivity index (χ4n) is 2.64. The molecule has 0 unspecified atom stereocenters. The summed E-state index contributed by atoms with van der Waals surface area (Å²) in [5, 5.41) is 0. The van der Waals surface area contributed by atoms with Gasteiger partial charge in [-0.05, 0) is 31.5 Å². The molecule has 126 valence electrons. The Morgan fingerprint density at radius 1 is 0.826 bits per heavy atom. The van der Waals surface area contributed by atoms with Crippen molar-refractivity contribution in [3.63, 3.8) is 0 Å². The Morgan fingerprint density at radius 3 is 1.87 bits per heavy atom. The van der Waals surface area contributed by atoms with Crippen LogP contribution in [0.25, 0.3) is 0 Å². The molecule has 0 aliphatic carbocycles. The monoisotopic (exact) mass is 424 g/mol. The number of benzene rings is 2. The molecule has 0 aliphatic heterocycles. The van der Waals surface area contributed by atoms with Crippen molar-refractivity contribution in [2.45, 2.75) is 20.4 Å². The number of halogens is 1. The van der Waals surface area contributed by atoms with Crippen molar-refractivity contribution in [2.75, 3.05) is 38.1 Å². The number of anilines is 1. The zero-order valence-corrected chi connectivity index (χ0v) is 16.7. The minimum absolute atomic E-state index is 0. The van der Waals surface area contributed by atoms with Gasteiger partial charge in [0, 0.05) is 12.2 Å². The molecule has 3 heteroatoms. The van der Waals surface area contributed by atoms with Crippen molar-refractivity contribution >= 4 is 5.69 Å². The highest BCUT2D eigenvalue weighted by Crippen LogP contribution is 2.17. The van der Waals surface area contributed by atoms with Gasteiger partial charge in [-0.3, -0.25) is 0 Å². The maximum atomic E-state index is 2.50. The van der Waals surface area contributed by atoms with Crippen LogP contribution < -0.4 is 28.9 Å². The van der Waals surface area contributed by atoms with E-state index in [-0.39, 0.29) is 24.0 Å². The summed E-state index contributed by atoms with van der Waals surface area (Å²) in [5.41, 5.74) is 2.68. The lowest BCUT2D eigenvalue weighted by atomic mass is 10.2. The van der Waals surface area contributed by atoms with Crippen molar-refractivity contribution in [3.8, 4) is 0 Å². The van der Waals surface area contributed by atoms with Gasteiger partial charge in [0.15, 0.2) is 0 Å². The Labute approximate surface area is 158 Å². The van der Waals surface area contributed by atoms with Gasteiger partial charge < -0.3 is 33.4 Å². The Hall–Kier alpha value is -1.07. The number of quaternary nitrogens is 1. The summed E-state index contributed by atoms with van der Waals surface area (Å²) in [6, 6.07) is 21.5. The highest BCUT2D eigenvalue weighted by molar-refractivity contribution is 5.46.